The van der Waals surface area contributed by atoms with Crippen LogP contribution in [0.15, 0.2) is 24.3 Å². The number of aliphatic hydroxyl groups is 1. The second kappa shape index (κ2) is 5.08. The summed E-state index contributed by atoms with van der Waals surface area (Å²) >= 11 is 0. The molecule has 3 heteroatoms. The zero-order valence-corrected chi connectivity index (χ0v) is 15.1. The maximum atomic E-state index is 13.3. The zero-order chi connectivity index (χ0) is 17.2. The van der Waals surface area contributed by atoms with Gasteiger partial charge in [-0.25, -0.2) is 0 Å². The number of nitrogens with one attached hydrogen (secondary N) is 1. The van der Waals surface area contributed by atoms with Crippen molar-refractivity contribution < 1.29 is 9.90 Å². The molecule has 4 aliphatic rings. The van der Waals surface area contributed by atoms with Crippen molar-refractivity contribution in [2.75, 3.05) is 5.32 Å². The molecule has 1 aromatic carbocycles. The lowest BCUT2D eigenvalue weighted by molar-refractivity contribution is -0.174. The van der Waals surface area contributed by atoms with Gasteiger partial charge in [-0.1, -0.05) is 39.0 Å². The van der Waals surface area contributed by atoms with Crippen LogP contribution in [0.1, 0.15) is 64.9 Å². The SMILES string of the molecule is CC(C)(C)c1ccccc1NC(=O)C12CC3CC(CC(O)(C3)C1)C2. The highest BCUT2D eigenvalue weighted by atomic mass is 16.3. The second-order valence-electron chi connectivity index (χ2n) is 9.72. The smallest absolute Gasteiger partial charge is 0.230 e. The van der Waals surface area contributed by atoms with Crippen LogP contribution in [0.4, 0.5) is 5.69 Å². The molecule has 1 amide bonds. The van der Waals surface area contributed by atoms with Crippen molar-refractivity contribution in [3.05, 3.63) is 29.8 Å². The number of benzene rings is 1. The summed E-state index contributed by atoms with van der Waals surface area (Å²) in [5.74, 6) is 1.19. The predicted octanol–water partition coefficient (Wildman–Crippen LogP) is 4.25. The van der Waals surface area contributed by atoms with Crippen molar-refractivity contribution in [1.29, 1.82) is 0 Å². The minimum Gasteiger partial charge on any atom is -0.390 e. The lowest BCUT2D eigenvalue weighted by Gasteiger charge is -2.59. The van der Waals surface area contributed by atoms with E-state index >= 15 is 0 Å². The first kappa shape index (κ1) is 16.1. The lowest BCUT2D eigenvalue weighted by Crippen LogP contribution is -2.59. The second-order valence-corrected chi connectivity index (χ2v) is 9.72. The van der Waals surface area contributed by atoms with Gasteiger partial charge in [-0.3, -0.25) is 4.79 Å². The van der Waals surface area contributed by atoms with Gasteiger partial charge in [0.05, 0.1) is 11.0 Å². The third-order valence-electron chi connectivity index (χ3n) is 6.50. The molecular weight excluding hydrogens is 298 g/mol. The summed E-state index contributed by atoms with van der Waals surface area (Å²) in [5.41, 5.74) is 1.14. The van der Waals surface area contributed by atoms with Gasteiger partial charge in [-0.05, 0) is 67.4 Å². The van der Waals surface area contributed by atoms with Gasteiger partial charge < -0.3 is 10.4 Å². The minimum absolute atomic E-state index is 0.0104. The van der Waals surface area contributed by atoms with Crippen LogP contribution in [0, 0.1) is 17.3 Å². The minimum atomic E-state index is -0.592. The summed E-state index contributed by atoms with van der Waals surface area (Å²) in [7, 11) is 0. The lowest BCUT2D eigenvalue weighted by atomic mass is 9.47. The van der Waals surface area contributed by atoms with Gasteiger partial charge in [0.2, 0.25) is 5.91 Å². The van der Waals surface area contributed by atoms with Crippen molar-refractivity contribution >= 4 is 11.6 Å². The van der Waals surface area contributed by atoms with Gasteiger partial charge in [0.15, 0.2) is 0 Å². The maximum Gasteiger partial charge on any atom is 0.230 e. The molecular formula is C21H29NO2. The third kappa shape index (κ3) is 2.57. The number of carbonyl (C=O) groups is 1. The average molecular weight is 327 g/mol. The van der Waals surface area contributed by atoms with Gasteiger partial charge in [-0.15, -0.1) is 0 Å². The molecule has 2 unspecified atom stereocenters. The Balaban J connectivity index is 1.62. The topological polar surface area (TPSA) is 49.3 Å². The van der Waals surface area contributed by atoms with E-state index in [9.17, 15) is 9.90 Å². The molecule has 130 valence electrons. The Bertz CT molecular complexity index is 659. The molecule has 2 N–H and O–H groups in total. The standard InChI is InChI=1S/C21H29NO2/c1-19(2,3)16-6-4-5-7-17(16)22-18(23)20-9-14-8-15(10-20)12-21(24,11-14)13-20/h4-7,14-15,24H,8-13H2,1-3H3,(H,22,23). The van der Waals surface area contributed by atoms with Gasteiger partial charge in [-0.2, -0.15) is 0 Å². The molecule has 4 aliphatic carbocycles. The van der Waals surface area contributed by atoms with Crippen LogP contribution >= 0.6 is 0 Å². The third-order valence-corrected chi connectivity index (χ3v) is 6.50. The van der Waals surface area contributed by atoms with E-state index in [1.54, 1.807) is 0 Å². The highest BCUT2D eigenvalue weighted by Crippen LogP contribution is 2.61. The van der Waals surface area contributed by atoms with Crippen molar-refractivity contribution in [3.63, 3.8) is 0 Å². The summed E-state index contributed by atoms with van der Waals surface area (Å²) in [6.45, 7) is 6.52. The summed E-state index contributed by atoms with van der Waals surface area (Å²) in [4.78, 5) is 13.3. The molecule has 4 saturated carbocycles. The number of para-hydroxylation sites is 1. The highest BCUT2D eigenvalue weighted by Gasteiger charge is 2.60. The van der Waals surface area contributed by atoms with Gasteiger partial charge in [0.25, 0.3) is 0 Å². The van der Waals surface area contributed by atoms with Crippen LogP contribution < -0.4 is 5.32 Å². The molecule has 0 radical (unpaired) electrons. The fraction of sp³-hybridized carbons (Fsp3) is 0.667. The number of carbonyl (C=O) groups excluding carboxylic acids is 1. The van der Waals surface area contributed by atoms with Crippen LogP contribution in [0.3, 0.4) is 0 Å². The Morgan fingerprint density at radius 1 is 1.12 bits per heavy atom. The van der Waals surface area contributed by atoms with Crippen LogP contribution in [0.2, 0.25) is 0 Å². The van der Waals surface area contributed by atoms with E-state index in [-0.39, 0.29) is 16.7 Å². The van der Waals surface area contributed by atoms with Crippen LogP contribution in [-0.4, -0.2) is 16.6 Å². The van der Waals surface area contributed by atoms with Crippen molar-refractivity contribution in [3.8, 4) is 0 Å². The quantitative estimate of drug-likeness (QED) is 0.853. The largest absolute Gasteiger partial charge is 0.390 e. The first-order chi connectivity index (χ1) is 11.2. The van der Waals surface area contributed by atoms with Crippen molar-refractivity contribution in [2.24, 2.45) is 17.3 Å². The fourth-order valence-electron chi connectivity index (χ4n) is 5.98. The van der Waals surface area contributed by atoms with E-state index in [0.29, 0.717) is 18.3 Å². The molecule has 0 aliphatic heterocycles. The molecule has 2 atom stereocenters. The van der Waals surface area contributed by atoms with E-state index in [0.717, 1.165) is 31.4 Å². The number of hydrogen-bond acceptors (Lipinski definition) is 2. The number of hydrogen-bond donors (Lipinski definition) is 2. The van der Waals surface area contributed by atoms with E-state index in [1.165, 1.54) is 12.0 Å². The average Bonchev–Trinajstić information content (AvgIpc) is 2.44. The van der Waals surface area contributed by atoms with E-state index in [4.69, 9.17) is 0 Å². The van der Waals surface area contributed by atoms with Gasteiger partial charge >= 0.3 is 0 Å². The first-order valence-electron chi connectivity index (χ1n) is 9.33. The summed E-state index contributed by atoms with van der Waals surface area (Å²) in [5, 5.41) is 14.1. The monoisotopic (exact) mass is 327 g/mol. The molecule has 0 saturated heterocycles. The number of anilines is 1. The Kier molecular flexibility index (Phi) is 3.41. The first-order valence-corrected chi connectivity index (χ1v) is 9.33. The molecule has 1 aromatic rings. The van der Waals surface area contributed by atoms with Gasteiger partial charge in [0, 0.05) is 5.69 Å². The zero-order valence-electron chi connectivity index (χ0n) is 15.1. The van der Waals surface area contributed by atoms with Crippen LogP contribution in [-0.2, 0) is 10.2 Å². The number of amides is 1. The molecule has 0 heterocycles. The Hall–Kier alpha value is -1.35. The summed E-state index contributed by atoms with van der Waals surface area (Å²) < 4.78 is 0. The van der Waals surface area contributed by atoms with Crippen LogP contribution in [0.25, 0.3) is 0 Å². The number of rotatable bonds is 2. The predicted molar refractivity (Wildman–Crippen MR) is 95.8 cm³/mol. The molecule has 5 rings (SSSR count). The maximum absolute atomic E-state index is 13.3. The molecule has 0 spiro atoms. The molecule has 4 fully saturated rings. The van der Waals surface area contributed by atoms with Crippen molar-refractivity contribution in [1.82, 2.24) is 0 Å². The molecule has 0 aromatic heterocycles. The highest BCUT2D eigenvalue weighted by molar-refractivity contribution is 5.96. The summed E-state index contributed by atoms with van der Waals surface area (Å²) in [6, 6.07) is 8.12. The van der Waals surface area contributed by atoms with Gasteiger partial charge in [0.1, 0.15) is 0 Å². The summed E-state index contributed by atoms with van der Waals surface area (Å²) in [6.07, 6.45) is 5.56. The van der Waals surface area contributed by atoms with E-state index < -0.39 is 5.60 Å². The Labute approximate surface area is 144 Å². The van der Waals surface area contributed by atoms with E-state index in [2.05, 4.69) is 32.2 Å². The molecule has 24 heavy (non-hydrogen) atoms. The Morgan fingerprint density at radius 2 is 1.75 bits per heavy atom. The molecule has 4 bridgehead atoms. The fourth-order valence-corrected chi connectivity index (χ4v) is 5.98. The molecule has 3 nitrogen and oxygen atoms in total. The van der Waals surface area contributed by atoms with E-state index in [1.807, 2.05) is 18.2 Å². The Morgan fingerprint density at radius 3 is 2.33 bits per heavy atom. The van der Waals surface area contributed by atoms with Crippen molar-refractivity contribution in [2.45, 2.75) is 70.3 Å². The van der Waals surface area contributed by atoms with Crippen LogP contribution in [0.5, 0.6) is 0 Å². The normalized spacial score (nSPS) is 37.5.